The Morgan fingerprint density at radius 1 is 1.42 bits per heavy atom. The summed E-state index contributed by atoms with van der Waals surface area (Å²) < 4.78 is 20.0. The van der Waals surface area contributed by atoms with E-state index in [1.807, 2.05) is 12.3 Å². The third kappa shape index (κ3) is 2.76. The normalized spacial score (nSPS) is 14.6. The lowest BCUT2D eigenvalue weighted by molar-refractivity contribution is 0.386. The van der Waals surface area contributed by atoms with Crippen LogP contribution < -0.4 is 10.1 Å². The summed E-state index contributed by atoms with van der Waals surface area (Å²) in [6.45, 7) is 0.774. The zero-order chi connectivity index (χ0) is 13.2. The van der Waals surface area contributed by atoms with Crippen LogP contribution in [0, 0.1) is 5.82 Å². The van der Waals surface area contributed by atoms with Crippen molar-refractivity contribution in [2.24, 2.45) is 0 Å². The molecule has 100 valence electrons. The quantitative estimate of drug-likeness (QED) is 0.897. The first-order valence-electron chi connectivity index (χ1n) is 6.38. The number of nitrogens with zero attached hydrogens (tertiary/aromatic N) is 2. The van der Waals surface area contributed by atoms with E-state index in [1.54, 1.807) is 16.8 Å². The smallest absolute Gasteiger partial charge is 0.165 e. The Morgan fingerprint density at radius 2 is 2.26 bits per heavy atom. The number of aromatic nitrogens is 2. The highest BCUT2D eigenvalue weighted by Gasteiger charge is 2.20. The Labute approximate surface area is 111 Å². The third-order valence-corrected chi connectivity index (χ3v) is 3.19. The van der Waals surface area contributed by atoms with Crippen LogP contribution >= 0.6 is 0 Å². The highest BCUT2D eigenvalue weighted by Crippen LogP contribution is 2.21. The number of hydrogen-bond acceptors (Lipinski definition) is 3. The first kappa shape index (κ1) is 12.2. The van der Waals surface area contributed by atoms with E-state index in [0.717, 1.165) is 17.9 Å². The molecule has 19 heavy (non-hydrogen) atoms. The molecule has 1 aromatic heterocycles. The fourth-order valence-electron chi connectivity index (χ4n) is 1.93. The average molecular weight is 261 g/mol. The topological polar surface area (TPSA) is 39.1 Å². The molecule has 0 aliphatic heterocycles. The Balaban J connectivity index is 1.77. The second-order valence-corrected chi connectivity index (χ2v) is 4.73. The van der Waals surface area contributed by atoms with Crippen molar-refractivity contribution < 1.29 is 9.13 Å². The Hall–Kier alpha value is -1.88. The molecule has 0 unspecified atom stereocenters. The summed E-state index contributed by atoms with van der Waals surface area (Å²) in [6.07, 6.45) is 4.39. The van der Waals surface area contributed by atoms with Crippen LogP contribution in [0.3, 0.4) is 0 Å². The van der Waals surface area contributed by atoms with Gasteiger partial charge in [0, 0.05) is 24.8 Å². The molecule has 1 heterocycles. The number of benzene rings is 1. The van der Waals surface area contributed by atoms with Crippen molar-refractivity contribution in [1.82, 2.24) is 15.1 Å². The molecule has 2 aromatic rings. The Bertz CT molecular complexity index is 578. The van der Waals surface area contributed by atoms with Gasteiger partial charge < -0.3 is 10.1 Å². The van der Waals surface area contributed by atoms with Crippen LogP contribution in [0.4, 0.5) is 4.39 Å². The molecule has 1 aromatic carbocycles. The molecule has 4 nitrogen and oxygen atoms in total. The number of methoxy groups -OCH3 is 1. The zero-order valence-electron chi connectivity index (χ0n) is 10.8. The maximum atomic E-state index is 13.3. The molecule has 0 radical (unpaired) electrons. The van der Waals surface area contributed by atoms with Crippen molar-refractivity contribution in [2.45, 2.75) is 25.4 Å². The van der Waals surface area contributed by atoms with Gasteiger partial charge in [0.1, 0.15) is 0 Å². The summed E-state index contributed by atoms with van der Waals surface area (Å²) >= 11 is 0. The molecule has 3 rings (SSSR count). The van der Waals surface area contributed by atoms with E-state index < -0.39 is 0 Å². The fourth-order valence-corrected chi connectivity index (χ4v) is 1.93. The van der Waals surface area contributed by atoms with Crippen molar-refractivity contribution in [2.75, 3.05) is 7.11 Å². The first-order chi connectivity index (χ1) is 9.26. The van der Waals surface area contributed by atoms with E-state index in [4.69, 9.17) is 4.74 Å². The maximum absolute atomic E-state index is 13.3. The highest BCUT2D eigenvalue weighted by atomic mass is 19.1. The van der Waals surface area contributed by atoms with Crippen molar-refractivity contribution >= 4 is 0 Å². The molecule has 1 N–H and O–H groups in total. The number of halogens is 1. The predicted molar refractivity (Wildman–Crippen MR) is 69.9 cm³/mol. The average Bonchev–Trinajstić information content (AvgIpc) is 3.14. The second-order valence-electron chi connectivity index (χ2n) is 4.73. The molecule has 1 saturated carbocycles. The van der Waals surface area contributed by atoms with Gasteiger partial charge in [0.15, 0.2) is 11.6 Å². The van der Waals surface area contributed by atoms with Gasteiger partial charge >= 0.3 is 0 Å². The highest BCUT2D eigenvalue weighted by molar-refractivity contribution is 5.39. The Kier molecular flexibility index (Phi) is 3.21. The lowest BCUT2D eigenvalue weighted by Gasteiger charge is -2.05. The van der Waals surface area contributed by atoms with Crippen molar-refractivity contribution in [3.63, 3.8) is 0 Å². The van der Waals surface area contributed by atoms with Crippen molar-refractivity contribution in [3.05, 3.63) is 42.0 Å². The molecule has 5 heteroatoms. The van der Waals surface area contributed by atoms with Crippen molar-refractivity contribution in [3.8, 4) is 11.4 Å². The van der Waals surface area contributed by atoms with Crippen LogP contribution in [0.1, 0.15) is 18.5 Å². The van der Waals surface area contributed by atoms with E-state index in [-0.39, 0.29) is 11.6 Å². The van der Waals surface area contributed by atoms with Gasteiger partial charge in [0.25, 0.3) is 0 Å². The standard InChI is InChI=1S/C14H16FN3O/c1-19-14-8-12(4-5-13(14)15)18-7-6-11(17-18)9-16-10-2-3-10/h4-8,10,16H,2-3,9H2,1H3. The van der Waals surface area contributed by atoms with E-state index in [1.165, 1.54) is 26.0 Å². The van der Waals surface area contributed by atoms with Gasteiger partial charge in [-0.05, 0) is 31.0 Å². The molecule has 0 saturated heterocycles. The molecule has 1 aliphatic carbocycles. The number of nitrogens with one attached hydrogen (secondary N) is 1. The SMILES string of the molecule is COc1cc(-n2ccc(CNC3CC3)n2)ccc1F. The number of ether oxygens (including phenoxy) is 1. The first-order valence-corrected chi connectivity index (χ1v) is 6.38. The monoisotopic (exact) mass is 261 g/mol. The lowest BCUT2D eigenvalue weighted by Crippen LogP contribution is -2.15. The van der Waals surface area contributed by atoms with E-state index in [0.29, 0.717) is 6.04 Å². The summed E-state index contributed by atoms with van der Waals surface area (Å²) in [7, 11) is 1.45. The van der Waals surface area contributed by atoms with Gasteiger partial charge in [-0.3, -0.25) is 0 Å². The summed E-state index contributed by atoms with van der Waals surface area (Å²) in [4.78, 5) is 0. The lowest BCUT2D eigenvalue weighted by atomic mass is 10.3. The number of hydrogen-bond donors (Lipinski definition) is 1. The minimum atomic E-state index is -0.367. The van der Waals surface area contributed by atoms with E-state index in [9.17, 15) is 4.39 Å². The van der Waals surface area contributed by atoms with Crippen LogP contribution in [0.25, 0.3) is 5.69 Å². The zero-order valence-corrected chi connectivity index (χ0v) is 10.8. The predicted octanol–water partition coefficient (Wildman–Crippen LogP) is 2.27. The van der Waals surface area contributed by atoms with Gasteiger partial charge in [-0.15, -0.1) is 0 Å². The minimum Gasteiger partial charge on any atom is -0.494 e. The van der Waals surface area contributed by atoms with Gasteiger partial charge in [-0.25, -0.2) is 9.07 Å². The van der Waals surface area contributed by atoms with E-state index in [2.05, 4.69) is 10.4 Å². The summed E-state index contributed by atoms with van der Waals surface area (Å²) in [5.74, 6) is -0.139. The minimum absolute atomic E-state index is 0.227. The molecule has 0 spiro atoms. The second kappa shape index (κ2) is 5.01. The molecule has 1 fully saturated rings. The van der Waals surface area contributed by atoms with Crippen LogP contribution in [-0.4, -0.2) is 22.9 Å². The van der Waals surface area contributed by atoms with Gasteiger partial charge in [-0.1, -0.05) is 0 Å². The Morgan fingerprint density at radius 3 is 3.00 bits per heavy atom. The summed E-state index contributed by atoms with van der Waals surface area (Å²) in [6, 6.07) is 7.34. The van der Waals surface area contributed by atoms with Crippen LogP contribution in [0.2, 0.25) is 0 Å². The van der Waals surface area contributed by atoms with E-state index >= 15 is 0 Å². The van der Waals surface area contributed by atoms with Crippen molar-refractivity contribution in [1.29, 1.82) is 0 Å². The molecule has 0 bridgehead atoms. The van der Waals surface area contributed by atoms with Crippen LogP contribution in [0.5, 0.6) is 5.75 Å². The van der Waals surface area contributed by atoms with Gasteiger partial charge in [0.2, 0.25) is 0 Å². The van der Waals surface area contributed by atoms with Crippen LogP contribution in [0.15, 0.2) is 30.5 Å². The van der Waals surface area contributed by atoms with Gasteiger partial charge in [-0.2, -0.15) is 5.10 Å². The number of rotatable bonds is 5. The van der Waals surface area contributed by atoms with Gasteiger partial charge in [0.05, 0.1) is 18.5 Å². The molecule has 0 atom stereocenters. The fraction of sp³-hybridized carbons (Fsp3) is 0.357. The molecule has 0 amide bonds. The summed E-state index contributed by atoms with van der Waals surface area (Å²) in [5.41, 5.74) is 1.77. The molecular formula is C14H16FN3O. The largest absolute Gasteiger partial charge is 0.494 e. The third-order valence-electron chi connectivity index (χ3n) is 3.19. The molecular weight excluding hydrogens is 245 g/mol. The maximum Gasteiger partial charge on any atom is 0.165 e. The molecule has 1 aliphatic rings. The van der Waals surface area contributed by atoms with Crippen LogP contribution in [-0.2, 0) is 6.54 Å². The summed E-state index contributed by atoms with van der Waals surface area (Å²) in [5, 5.41) is 7.87.